The smallest absolute Gasteiger partial charge is 0.347 e. The normalized spacial score (nSPS) is 16.5. The van der Waals surface area contributed by atoms with Gasteiger partial charge in [0.15, 0.2) is 0 Å². The molecule has 0 saturated heterocycles. The van der Waals surface area contributed by atoms with Crippen LogP contribution in [0, 0.1) is 18.2 Å². The van der Waals surface area contributed by atoms with E-state index in [1.54, 1.807) is 17.6 Å². The van der Waals surface area contributed by atoms with Gasteiger partial charge in [-0.3, -0.25) is 5.14 Å². The molecule has 0 aliphatic heterocycles. The van der Waals surface area contributed by atoms with Crippen LogP contribution in [0.1, 0.15) is 51.2 Å². The molecule has 1 heterocycles. The molecule has 27 heavy (non-hydrogen) atoms. The highest BCUT2D eigenvalue weighted by atomic mass is 32.2. The van der Waals surface area contributed by atoms with E-state index in [-0.39, 0.29) is 16.4 Å². The van der Waals surface area contributed by atoms with E-state index in [4.69, 9.17) is 5.14 Å². The molecule has 0 fully saturated rings. The van der Waals surface area contributed by atoms with Crippen LogP contribution >= 0.6 is 0 Å². The lowest BCUT2D eigenvalue weighted by molar-refractivity contribution is -0.151. The number of fused-ring (bicyclic) bond motifs is 1. The van der Waals surface area contributed by atoms with Crippen molar-refractivity contribution in [3.8, 4) is 0 Å². The van der Waals surface area contributed by atoms with Gasteiger partial charge in [0.05, 0.1) is 16.9 Å². The summed E-state index contributed by atoms with van der Waals surface area (Å²) in [6, 6.07) is 2.75. The highest BCUT2D eigenvalue weighted by molar-refractivity contribution is 7.83. The molecule has 2 aromatic rings. The third-order valence-corrected chi connectivity index (χ3v) is 5.56. The molecule has 3 nitrogen and oxygen atoms in total. The molecule has 0 bridgehead atoms. The first-order valence-electron chi connectivity index (χ1n) is 8.71. The van der Waals surface area contributed by atoms with E-state index >= 15 is 0 Å². The Morgan fingerprint density at radius 3 is 2.30 bits per heavy atom. The van der Waals surface area contributed by atoms with Crippen molar-refractivity contribution in [1.82, 2.24) is 4.57 Å². The van der Waals surface area contributed by atoms with Gasteiger partial charge in [-0.25, -0.2) is 8.60 Å². The van der Waals surface area contributed by atoms with E-state index in [0.717, 1.165) is 0 Å². The average Bonchev–Trinajstić information content (AvgIpc) is 2.79. The van der Waals surface area contributed by atoms with Crippen LogP contribution in [0.25, 0.3) is 10.9 Å². The summed E-state index contributed by atoms with van der Waals surface area (Å²) < 4.78 is 68.9. The zero-order chi connectivity index (χ0) is 20.7. The van der Waals surface area contributed by atoms with Crippen LogP contribution in [0.5, 0.6) is 0 Å². The average molecular weight is 406 g/mol. The van der Waals surface area contributed by atoms with E-state index in [9.17, 15) is 21.8 Å². The maximum atomic E-state index is 14.2. The second kappa shape index (κ2) is 7.54. The number of aromatic nitrogens is 1. The largest absolute Gasteiger partial charge is 0.395 e. The Kier molecular flexibility index (Phi) is 6.11. The maximum Gasteiger partial charge on any atom is 0.395 e. The van der Waals surface area contributed by atoms with Crippen LogP contribution in [-0.2, 0) is 17.5 Å². The highest BCUT2D eigenvalue weighted by Gasteiger charge is 2.43. The standard InChI is InChI=1S/C19H26F4N2OS/c1-11-6-17-13(8-16(11)20)14(9-25(17)10-18(3,4)5)15(19(21,22)23)7-12(2)27(24)26/h6,8-9,12,15H,7,10,24H2,1-5H3/t12?,15-,27?/m0/s1. The summed E-state index contributed by atoms with van der Waals surface area (Å²) in [5.41, 5.74) is 0.764. The van der Waals surface area contributed by atoms with Gasteiger partial charge in [0.1, 0.15) is 5.82 Å². The molecule has 2 N–H and O–H groups in total. The highest BCUT2D eigenvalue weighted by Crippen LogP contribution is 2.43. The summed E-state index contributed by atoms with van der Waals surface area (Å²) in [6.45, 7) is 9.44. The molecule has 0 saturated carbocycles. The van der Waals surface area contributed by atoms with Gasteiger partial charge in [0.2, 0.25) is 0 Å². The molecule has 2 rings (SSSR count). The second-order valence-corrected chi connectivity index (χ2v) is 9.82. The molecule has 0 radical (unpaired) electrons. The van der Waals surface area contributed by atoms with E-state index < -0.39 is 40.6 Å². The number of nitrogens with zero attached hydrogens (tertiary/aromatic N) is 1. The number of hydrogen-bond donors (Lipinski definition) is 1. The van der Waals surface area contributed by atoms with Crippen molar-refractivity contribution in [3.05, 3.63) is 35.3 Å². The summed E-state index contributed by atoms with van der Waals surface area (Å²) >= 11 is 0. The zero-order valence-electron chi connectivity index (χ0n) is 16.2. The van der Waals surface area contributed by atoms with E-state index in [1.165, 1.54) is 19.2 Å². The first-order chi connectivity index (χ1) is 12.2. The minimum atomic E-state index is -4.56. The van der Waals surface area contributed by atoms with Crippen molar-refractivity contribution in [2.75, 3.05) is 0 Å². The SMILES string of the molecule is Cc1cc2c(cc1F)c([C@H](CC(C)S(N)=O)C(F)(F)F)cn2CC(C)(C)C. The first-order valence-corrected chi connectivity index (χ1v) is 9.99. The molecule has 0 amide bonds. The summed E-state index contributed by atoms with van der Waals surface area (Å²) in [5, 5.41) is 4.69. The van der Waals surface area contributed by atoms with Crippen molar-refractivity contribution in [2.45, 2.75) is 64.9 Å². The molecule has 152 valence electrons. The minimum absolute atomic E-state index is 0.00190. The van der Waals surface area contributed by atoms with E-state index in [0.29, 0.717) is 17.6 Å². The lowest BCUT2D eigenvalue weighted by atomic mass is 9.93. The van der Waals surface area contributed by atoms with Gasteiger partial charge >= 0.3 is 6.18 Å². The minimum Gasteiger partial charge on any atom is -0.347 e. The number of alkyl halides is 3. The Morgan fingerprint density at radius 1 is 1.22 bits per heavy atom. The monoisotopic (exact) mass is 406 g/mol. The molecular weight excluding hydrogens is 380 g/mol. The van der Waals surface area contributed by atoms with Crippen LogP contribution in [0.3, 0.4) is 0 Å². The Labute approximate surface area is 159 Å². The predicted octanol–water partition coefficient (Wildman–Crippen LogP) is 5.18. The third-order valence-electron chi connectivity index (χ3n) is 4.57. The molecule has 1 aromatic heterocycles. The molecule has 1 aromatic carbocycles. The van der Waals surface area contributed by atoms with E-state index in [1.807, 2.05) is 20.8 Å². The Morgan fingerprint density at radius 2 is 1.81 bits per heavy atom. The van der Waals surface area contributed by atoms with Crippen LogP contribution in [0.4, 0.5) is 17.6 Å². The Bertz CT molecular complexity index is 852. The summed E-state index contributed by atoms with van der Waals surface area (Å²) in [6.07, 6.45) is -3.52. The van der Waals surface area contributed by atoms with E-state index in [2.05, 4.69) is 0 Å². The van der Waals surface area contributed by atoms with Crippen LogP contribution in [0.15, 0.2) is 18.3 Å². The fourth-order valence-electron chi connectivity index (χ4n) is 3.23. The van der Waals surface area contributed by atoms with Gasteiger partial charge in [0.25, 0.3) is 0 Å². The Balaban J connectivity index is 2.70. The van der Waals surface area contributed by atoms with Crippen molar-refractivity contribution in [1.29, 1.82) is 0 Å². The number of aryl methyl sites for hydroxylation is 1. The van der Waals surface area contributed by atoms with Gasteiger partial charge < -0.3 is 4.57 Å². The predicted molar refractivity (Wildman–Crippen MR) is 101 cm³/mol. The third kappa shape index (κ3) is 5.10. The van der Waals surface area contributed by atoms with Gasteiger partial charge in [-0.2, -0.15) is 13.2 Å². The summed E-state index contributed by atoms with van der Waals surface area (Å²) in [5.74, 6) is -2.42. The van der Waals surface area contributed by atoms with Gasteiger partial charge in [-0.15, -0.1) is 0 Å². The zero-order valence-corrected chi connectivity index (χ0v) is 17.0. The van der Waals surface area contributed by atoms with Crippen molar-refractivity contribution in [3.63, 3.8) is 0 Å². The summed E-state index contributed by atoms with van der Waals surface area (Å²) in [7, 11) is -1.87. The second-order valence-electron chi connectivity index (χ2n) is 8.36. The number of benzene rings is 1. The number of rotatable bonds is 5. The molecule has 0 aliphatic rings. The molecule has 3 atom stereocenters. The number of hydrogen-bond acceptors (Lipinski definition) is 1. The topological polar surface area (TPSA) is 48.0 Å². The molecule has 8 heteroatoms. The first kappa shape index (κ1) is 21.9. The lowest BCUT2D eigenvalue weighted by Crippen LogP contribution is -2.28. The molecule has 2 unspecified atom stereocenters. The quantitative estimate of drug-likeness (QED) is 0.683. The number of nitrogens with two attached hydrogens (primary N) is 1. The van der Waals surface area contributed by atoms with Gasteiger partial charge in [-0.1, -0.05) is 20.8 Å². The van der Waals surface area contributed by atoms with Crippen LogP contribution in [-0.4, -0.2) is 20.2 Å². The summed E-state index contributed by atoms with van der Waals surface area (Å²) in [4.78, 5) is 0. The fraction of sp³-hybridized carbons (Fsp3) is 0.579. The molecular formula is C19H26F4N2OS. The lowest BCUT2D eigenvalue weighted by Gasteiger charge is -2.22. The fourth-order valence-corrected chi connectivity index (χ4v) is 3.61. The Hall–Kier alpha value is -1.41. The van der Waals surface area contributed by atoms with Crippen LogP contribution < -0.4 is 5.14 Å². The number of halogens is 4. The van der Waals surface area contributed by atoms with Gasteiger partial charge in [-0.05, 0) is 48.9 Å². The maximum absolute atomic E-state index is 14.2. The van der Waals surface area contributed by atoms with Crippen molar-refractivity contribution >= 4 is 21.9 Å². The van der Waals surface area contributed by atoms with Crippen LogP contribution in [0.2, 0.25) is 0 Å². The molecule has 0 aliphatic carbocycles. The molecule has 0 spiro atoms. The van der Waals surface area contributed by atoms with Crippen molar-refractivity contribution < 1.29 is 21.8 Å². The van der Waals surface area contributed by atoms with Crippen molar-refractivity contribution in [2.24, 2.45) is 10.6 Å². The van der Waals surface area contributed by atoms with Gasteiger partial charge in [0, 0.05) is 28.9 Å².